The summed E-state index contributed by atoms with van der Waals surface area (Å²) in [6.45, 7) is 14.9. The first-order chi connectivity index (χ1) is 13.7. The number of hydrogen-bond acceptors (Lipinski definition) is 1. The summed E-state index contributed by atoms with van der Waals surface area (Å²) in [6, 6.07) is 0. The summed E-state index contributed by atoms with van der Waals surface area (Å²) >= 11 is 0. The number of aliphatic hydroxyl groups is 1. The van der Waals surface area contributed by atoms with Crippen LogP contribution in [-0.4, -0.2) is 11.2 Å². The molecular formula is C28H46O. The van der Waals surface area contributed by atoms with Crippen LogP contribution in [0.3, 0.4) is 0 Å². The van der Waals surface area contributed by atoms with E-state index in [1.807, 2.05) is 0 Å². The quantitative estimate of drug-likeness (QED) is 0.506. The Morgan fingerprint density at radius 1 is 1.00 bits per heavy atom. The normalized spacial score (nSPS) is 43.7. The highest BCUT2D eigenvalue weighted by atomic mass is 16.3. The lowest BCUT2D eigenvalue weighted by molar-refractivity contribution is -0.0262. The maximum Gasteiger partial charge on any atom is 0.0543 e. The lowest BCUT2D eigenvalue weighted by Crippen LogP contribution is -2.48. The molecule has 4 rings (SSSR count). The molecule has 0 radical (unpaired) electrons. The van der Waals surface area contributed by atoms with E-state index in [1.54, 1.807) is 11.1 Å². The third-order valence-electron chi connectivity index (χ3n) is 10.5. The van der Waals surface area contributed by atoms with Crippen molar-refractivity contribution < 1.29 is 5.11 Å². The molecular weight excluding hydrogens is 352 g/mol. The van der Waals surface area contributed by atoms with E-state index in [1.165, 1.54) is 44.9 Å². The van der Waals surface area contributed by atoms with Crippen LogP contribution in [0, 0.1) is 46.3 Å². The van der Waals surface area contributed by atoms with Crippen LogP contribution in [0.1, 0.15) is 99.3 Å². The summed E-state index contributed by atoms with van der Waals surface area (Å²) in [5.74, 6) is 4.73. The summed E-state index contributed by atoms with van der Waals surface area (Å²) in [4.78, 5) is 0. The monoisotopic (exact) mass is 398 g/mol. The maximum atomic E-state index is 10.2. The van der Waals surface area contributed by atoms with Gasteiger partial charge >= 0.3 is 0 Å². The SMILES string of the molecule is CC(C)C(C)CCC(C)C1CC=C2C3=CC[C@H]4C[C@@H](O)CCC4(C)C3CCC21C. The van der Waals surface area contributed by atoms with Crippen LogP contribution in [0.15, 0.2) is 23.3 Å². The molecule has 0 amide bonds. The summed E-state index contributed by atoms with van der Waals surface area (Å²) in [7, 11) is 0. The number of rotatable bonds is 5. The lowest BCUT2D eigenvalue weighted by Gasteiger charge is -2.56. The Balaban J connectivity index is 1.51. The van der Waals surface area contributed by atoms with E-state index < -0.39 is 0 Å². The number of allylic oxidation sites excluding steroid dienone is 4. The van der Waals surface area contributed by atoms with E-state index >= 15 is 0 Å². The summed E-state index contributed by atoms with van der Waals surface area (Å²) in [5.41, 5.74) is 4.30. The lowest BCUT2D eigenvalue weighted by atomic mass is 9.48. The van der Waals surface area contributed by atoms with Gasteiger partial charge in [0.2, 0.25) is 0 Å². The molecule has 0 aliphatic heterocycles. The molecule has 0 aromatic heterocycles. The first-order valence-corrected chi connectivity index (χ1v) is 12.8. The predicted octanol–water partition coefficient (Wildman–Crippen LogP) is 7.55. The van der Waals surface area contributed by atoms with Crippen molar-refractivity contribution in [1.82, 2.24) is 0 Å². The van der Waals surface area contributed by atoms with E-state index in [0.717, 1.165) is 42.4 Å². The molecule has 1 N–H and O–H groups in total. The highest BCUT2D eigenvalue weighted by Gasteiger charge is 2.55. The van der Waals surface area contributed by atoms with Gasteiger partial charge in [-0.2, -0.15) is 0 Å². The van der Waals surface area contributed by atoms with Gasteiger partial charge in [-0.3, -0.25) is 0 Å². The van der Waals surface area contributed by atoms with E-state index in [0.29, 0.717) is 16.7 Å². The van der Waals surface area contributed by atoms with Crippen molar-refractivity contribution in [2.45, 2.75) is 105 Å². The molecule has 4 aliphatic rings. The smallest absolute Gasteiger partial charge is 0.0543 e. The number of fused-ring (bicyclic) bond motifs is 5. The minimum Gasteiger partial charge on any atom is -0.393 e. The minimum absolute atomic E-state index is 0.0546. The zero-order chi connectivity index (χ0) is 21.0. The van der Waals surface area contributed by atoms with Crippen molar-refractivity contribution in [1.29, 1.82) is 0 Å². The van der Waals surface area contributed by atoms with Gasteiger partial charge < -0.3 is 5.11 Å². The third kappa shape index (κ3) is 3.58. The first kappa shape index (κ1) is 21.7. The second-order valence-corrected chi connectivity index (χ2v) is 12.3. The van der Waals surface area contributed by atoms with Gasteiger partial charge in [-0.1, -0.05) is 66.5 Å². The van der Waals surface area contributed by atoms with Crippen molar-refractivity contribution in [3.63, 3.8) is 0 Å². The van der Waals surface area contributed by atoms with Crippen LogP contribution in [0.4, 0.5) is 0 Å². The van der Waals surface area contributed by atoms with Gasteiger partial charge in [-0.25, -0.2) is 0 Å². The van der Waals surface area contributed by atoms with E-state index in [-0.39, 0.29) is 6.10 Å². The molecule has 2 saturated carbocycles. The zero-order valence-electron chi connectivity index (χ0n) is 20.0. The first-order valence-electron chi connectivity index (χ1n) is 12.8. The van der Waals surface area contributed by atoms with Gasteiger partial charge in [0.15, 0.2) is 0 Å². The molecule has 2 fully saturated rings. The average molecular weight is 399 g/mol. The van der Waals surface area contributed by atoms with Crippen LogP contribution in [-0.2, 0) is 0 Å². The number of aliphatic hydroxyl groups excluding tert-OH is 1. The molecule has 8 atom stereocenters. The molecule has 0 bridgehead atoms. The fraction of sp³-hybridized carbons (Fsp3) is 0.857. The summed E-state index contributed by atoms with van der Waals surface area (Å²) in [6.07, 6.45) is 16.5. The third-order valence-corrected chi connectivity index (χ3v) is 10.5. The summed E-state index contributed by atoms with van der Waals surface area (Å²) < 4.78 is 0. The molecule has 1 nitrogen and oxygen atoms in total. The van der Waals surface area contributed by atoms with Gasteiger partial charge in [0, 0.05) is 0 Å². The van der Waals surface area contributed by atoms with Gasteiger partial charge in [0.05, 0.1) is 6.10 Å². The molecule has 4 aliphatic carbocycles. The fourth-order valence-electron chi connectivity index (χ4n) is 7.84. The van der Waals surface area contributed by atoms with Gasteiger partial charge in [-0.05, 0) is 102 Å². The Bertz CT molecular complexity index is 672. The molecule has 1 heteroatoms. The molecule has 164 valence electrons. The largest absolute Gasteiger partial charge is 0.393 e. The Morgan fingerprint density at radius 2 is 1.76 bits per heavy atom. The van der Waals surface area contributed by atoms with E-state index in [4.69, 9.17) is 0 Å². The van der Waals surface area contributed by atoms with Crippen molar-refractivity contribution >= 4 is 0 Å². The number of hydrogen-bond donors (Lipinski definition) is 1. The molecule has 0 aromatic carbocycles. The van der Waals surface area contributed by atoms with Crippen molar-refractivity contribution in [2.75, 3.05) is 0 Å². The zero-order valence-corrected chi connectivity index (χ0v) is 20.0. The van der Waals surface area contributed by atoms with Crippen LogP contribution in [0.25, 0.3) is 0 Å². The fourth-order valence-corrected chi connectivity index (χ4v) is 7.84. The maximum absolute atomic E-state index is 10.2. The highest BCUT2D eigenvalue weighted by Crippen LogP contribution is 2.65. The van der Waals surface area contributed by atoms with Crippen LogP contribution >= 0.6 is 0 Å². The predicted molar refractivity (Wildman–Crippen MR) is 124 cm³/mol. The van der Waals surface area contributed by atoms with Gasteiger partial charge in [0.1, 0.15) is 0 Å². The van der Waals surface area contributed by atoms with Crippen LogP contribution in [0.5, 0.6) is 0 Å². The molecule has 6 unspecified atom stereocenters. The van der Waals surface area contributed by atoms with Gasteiger partial charge in [-0.15, -0.1) is 0 Å². The van der Waals surface area contributed by atoms with E-state index in [2.05, 4.69) is 53.7 Å². The van der Waals surface area contributed by atoms with Crippen molar-refractivity contribution in [3.05, 3.63) is 23.3 Å². The Hall–Kier alpha value is -0.560. The summed E-state index contributed by atoms with van der Waals surface area (Å²) in [5, 5.41) is 10.2. The van der Waals surface area contributed by atoms with Crippen LogP contribution < -0.4 is 0 Å². The molecule has 0 saturated heterocycles. The standard InChI is InChI=1S/C28H46O/c1-18(2)19(3)7-8-20(4)24-11-12-25-23-10-9-21-17-22(29)13-15-27(21,5)26(23)14-16-28(24,25)6/h10,12,18-22,24,26,29H,7-9,11,13-17H2,1-6H3/t19?,20?,21-,22-,24?,26?,27?,28?/m0/s1. The molecule has 0 spiro atoms. The van der Waals surface area contributed by atoms with Gasteiger partial charge in [0.25, 0.3) is 0 Å². The second kappa shape index (κ2) is 7.85. The molecule has 0 aromatic rings. The molecule has 0 heterocycles. The topological polar surface area (TPSA) is 20.2 Å². The Kier molecular flexibility index (Phi) is 5.86. The Morgan fingerprint density at radius 3 is 2.48 bits per heavy atom. The van der Waals surface area contributed by atoms with Crippen LogP contribution in [0.2, 0.25) is 0 Å². The van der Waals surface area contributed by atoms with E-state index in [9.17, 15) is 5.11 Å². The molecule has 29 heavy (non-hydrogen) atoms. The Labute approximate surface area is 180 Å². The van der Waals surface area contributed by atoms with Crippen molar-refractivity contribution in [3.8, 4) is 0 Å². The highest BCUT2D eigenvalue weighted by molar-refractivity contribution is 5.46. The second-order valence-electron chi connectivity index (χ2n) is 12.3. The minimum atomic E-state index is -0.0546. The average Bonchev–Trinajstić information content (AvgIpc) is 3.03. The van der Waals surface area contributed by atoms with Crippen molar-refractivity contribution in [2.24, 2.45) is 46.3 Å².